The molecule has 1 aromatic heterocycles. The number of amides is 2. The predicted molar refractivity (Wildman–Crippen MR) is 77.3 cm³/mol. The maximum Gasteiger partial charge on any atom is 0.238 e. The number of hydrogen-bond acceptors (Lipinski definition) is 3. The highest BCUT2D eigenvalue weighted by Gasteiger charge is 2.72. The predicted octanol–water partition coefficient (Wildman–Crippen LogP) is 2.22. The monoisotopic (exact) mass is 281 g/mol. The summed E-state index contributed by atoms with van der Waals surface area (Å²) >= 11 is 0. The zero-order chi connectivity index (χ0) is 14.8. The maximum absolute atomic E-state index is 12.4. The van der Waals surface area contributed by atoms with Gasteiger partial charge in [0.1, 0.15) is 0 Å². The molecule has 1 aliphatic heterocycles. The molecule has 21 heavy (non-hydrogen) atoms. The highest BCUT2D eigenvalue weighted by molar-refractivity contribution is 6.25. The fraction of sp³-hybridized carbons (Fsp3) is 0.312. The van der Waals surface area contributed by atoms with Crippen LogP contribution < -0.4 is 4.90 Å². The van der Waals surface area contributed by atoms with Gasteiger partial charge in [0.15, 0.2) is 0 Å². The molecule has 1 saturated carbocycles. The molecule has 1 N–H and O–H groups in total. The molecule has 2 heterocycles. The number of aromatic amines is 1. The van der Waals surface area contributed by atoms with Gasteiger partial charge in [-0.2, -0.15) is 5.10 Å². The lowest BCUT2D eigenvalue weighted by Gasteiger charge is -2.20. The van der Waals surface area contributed by atoms with E-state index in [1.54, 1.807) is 6.20 Å². The number of carbonyl (C=O) groups is 2. The highest BCUT2D eigenvalue weighted by atomic mass is 16.2. The number of anilines is 1. The Hall–Kier alpha value is -2.43. The first-order valence-electron chi connectivity index (χ1n) is 6.99. The first-order chi connectivity index (χ1) is 10.0. The number of hydrogen-bond donors (Lipinski definition) is 1. The van der Waals surface area contributed by atoms with Gasteiger partial charge < -0.3 is 0 Å². The zero-order valence-corrected chi connectivity index (χ0v) is 11.8. The van der Waals surface area contributed by atoms with Crippen LogP contribution in [0.1, 0.15) is 13.8 Å². The number of benzene rings is 1. The molecule has 5 heteroatoms. The Bertz CT molecular complexity index is 707. The number of piperidine rings is 1. The van der Waals surface area contributed by atoms with Gasteiger partial charge in [-0.15, -0.1) is 0 Å². The third kappa shape index (κ3) is 1.54. The van der Waals surface area contributed by atoms with Gasteiger partial charge in [-0.05, 0) is 29.2 Å². The van der Waals surface area contributed by atoms with Gasteiger partial charge in [0, 0.05) is 6.20 Å². The minimum atomic E-state index is -0.166. The second kappa shape index (κ2) is 3.81. The smallest absolute Gasteiger partial charge is 0.238 e. The van der Waals surface area contributed by atoms with Crippen molar-refractivity contribution < 1.29 is 9.59 Å². The normalized spacial score (nSPS) is 26.1. The van der Waals surface area contributed by atoms with Crippen molar-refractivity contribution in [2.24, 2.45) is 17.3 Å². The van der Waals surface area contributed by atoms with E-state index in [1.165, 1.54) is 4.90 Å². The van der Waals surface area contributed by atoms with E-state index < -0.39 is 0 Å². The number of fused-ring (bicyclic) bond motifs is 1. The summed E-state index contributed by atoms with van der Waals surface area (Å²) in [6.45, 7) is 3.97. The number of nitrogens with one attached hydrogen (secondary N) is 1. The van der Waals surface area contributed by atoms with Crippen LogP contribution >= 0.6 is 0 Å². The summed E-state index contributed by atoms with van der Waals surface area (Å²) in [5.41, 5.74) is 2.36. The average Bonchev–Trinajstić information content (AvgIpc) is 2.85. The van der Waals surface area contributed by atoms with Gasteiger partial charge in [0.2, 0.25) is 11.8 Å². The lowest BCUT2D eigenvalue weighted by molar-refractivity contribution is -0.125. The van der Waals surface area contributed by atoms with Gasteiger partial charge >= 0.3 is 0 Å². The van der Waals surface area contributed by atoms with E-state index in [-0.39, 0.29) is 29.1 Å². The SMILES string of the molecule is CC1(C)C2C(=O)N(c3ccc(-c4ccn[nH]4)cc3)C(=O)C21. The number of nitrogens with zero attached hydrogens (tertiary/aromatic N) is 2. The van der Waals surface area contributed by atoms with Crippen molar-refractivity contribution in [1.29, 1.82) is 0 Å². The maximum atomic E-state index is 12.4. The van der Waals surface area contributed by atoms with Crippen molar-refractivity contribution >= 4 is 17.5 Å². The van der Waals surface area contributed by atoms with E-state index >= 15 is 0 Å². The van der Waals surface area contributed by atoms with E-state index in [0.717, 1.165) is 11.3 Å². The summed E-state index contributed by atoms with van der Waals surface area (Å²) in [5, 5.41) is 6.80. The Morgan fingerprint density at radius 2 is 1.67 bits per heavy atom. The average molecular weight is 281 g/mol. The first-order valence-corrected chi connectivity index (χ1v) is 6.99. The van der Waals surface area contributed by atoms with Crippen LogP contribution in [0.4, 0.5) is 5.69 Å². The van der Waals surface area contributed by atoms with E-state index in [0.29, 0.717) is 5.69 Å². The number of imide groups is 1. The third-order valence-electron chi connectivity index (χ3n) is 4.74. The molecule has 2 amide bonds. The fourth-order valence-corrected chi connectivity index (χ4v) is 3.41. The molecule has 2 unspecified atom stereocenters. The van der Waals surface area contributed by atoms with Crippen molar-refractivity contribution in [1.82, 2.24) is 10.2 Å². The molecule has 2 atom stereocenters. The molecule has 1 aliphatic carbocycles. The summed E-state index contributed by atoms with van der Waals surface area (Å²) in [5.74, 6) is -0.414. The van der Waals surface area contributed by atoms with Crippen molar-refractivity contribution in [2.45, 2.75) is 13.8 Å². The summed E-state index contributed by atoms with van der Waals surface area (Å²) in [6, 6.07) is 9.27. The van der Waals surface area contributed by atoms with Crippen LogP contribution in [-0.2, 0) is 9.59 Å². The lowest BCUT2D eigenvalue weighted by atomic mass is 10.0. The van der Waals surface area contributed by atoms with E-state index in [1.807, 2.05) is 44.2 Å². The van der Waals surface area contributed by atoms with Crippen molar-refractivity contribution in [3.05, 3.63) is 36.5 Å². The number of aromatic nitrogens is 2. The van der Waals surface area contributed by atoms with Gasteiger partial charge in [0.25, 0.3) is 0 Å². The summed E-state index contributed by atoms with van der Waals surface area (Å²) in [7, 11) is 0. The Morgan fingerprint density at radius 3 is 2.19 bits per heavy atom. The first kappa shape index (κ1) is 12.3. The fourth-order valence-electron chi connectivity index (χ4n) is 3.41. The molecule has 5 nitrogen and oxygen atoms in total. The zero-order valence-electron chi connectivity index (χ0n) is 11.8. The number of rotatable bonds is 2. The molecular formula is C16H15N3O2. The molecule has 1 saturated heterocycles. The van der Waals surface area contributed by atoms with Crippen molar-refractivity contribution in [2.75, 3.05) is 4.90 Å². The number of carbonyl (C=O) groups excluding carboxylic acids is 2. The Labute approximate surface area is 122 Å². The molecule has 2 aromatic rings. The highest BCUT2D eigenvalue weighted by Crippen LogP contribution is 2.63. The summed E-state index contributed by atoms with van der Waals surface area (Å²) in [6.07, 6.45) is 1.69. The van der Waals surface area contributed by atoms with Gasteiger partial charge in [-0.3, -0.25) is 19.6 Å². The van der Waals surface area contributed by atoms with Crippen LogP contribution in [0, 0.1) is 17.3 Å². The largest absolute Gasteiger partial charge is 0.278 e. The minimum absolute atomic E-state index is 0.0655. The molecule has 0 spiro atoms. The lowest BCUT2D eigenvalue weighted by Crippen LogP contribution is -2.36. The molecule has 4 rings (SSSR count). The topological polar surface area (TPSA) is 66.1 Å². The standard InChI is InChI=1S/C16H15N3O2/c1-16(2)12-13(16)15(21)19(14(12)20)10-5-3-9(4-6-10)11-7-8-17-18-11/h3-8,12-13H,1-2H3,(H,17,18). The third-order valence-corrected chi connectivity index (χ3v) is 4.74. The number of H-pyrrole nitrogens is 1. The van der Waals surface area contributed by atoms with Gasteiger partial charge in [-0.1, -0.05) is 26.0 Å². The van der Waals surface area contributed by atoms with Crippen LogP contribution in [0.5, 0.6) is 0 Å². The van der Waals surface area contributed by atoms with Gasteiger partial charge in [-0.25, -0.2) is 0 Å². The molecule has 0 radical (unpaired) electrons. The second-order valence-electron chi connectivity index (χ2n) is 6.31. The van der Waals surface area contributed by atoms with Crippen molar-refractivity contribution in [3.63, 3.8) is 0 Å². The molecular weight excluding hydrogens is 266 g/mol. The Balaban J connectivity index is 1.64. The van der Waals surface area contributed by atoms with Crippen molar-refractivity contribution in [3.8, 4) is 11.3 Å². The van der Waals surface area contributed by atoms with Crippen LogP contribution in [0.15, 0.2) is 36.5 Å². The van der Waals surface area contributed by atoms with Crippen LogP contribution in [0.25, 0.3) is 11.3 Å². The van der Waals surface area contributed by atoms with Crippen LogP contribution in [-0.4, -0.2) is 22.0 Å². The van der Waals surface area contributed by atoms with Crippen LogP contribution in [0.3, 0.4) is 0 Å². The minimum Gasteiger partial charge on any atom is -0.278 e. The molecule has 0 bridgehead atoms. The summed E-state index contributed by atoms with van der Waals surface area (Å²) in [4.78, 5) is 26.1. The second-order valence-corrected chi connectivity index (χ2v) is 6.31. The Morgan fingerprint density at radius 1 is 1.05 bits per heavy atom. The van der Waals surface area contributed by atoms with E-state index in [2.05, 4.69) is 10.2 Å². The van der Waals surface area contributed by atoms with Crippen LogP contribution in [0.2, 0.25) is 0 Å². The van der Waals surface area contributed by atoms with E-state index in [4.69, 9.17) is 0 Å². The Kier molecular flexibility index (Phi) is 2.24. The van der Waals surface area contributed by atoms with E-state index in [9.17, 15) is 9.59 Å². The summed E-state index contributed by atoms with van der Waals surface area (Å²) < 4.78 is 0. The quantitative estimate of drug-likeness (QED) is 0.858. The molecule has 1 aromatic carbocycles. The molecule has 106 valence electrons. The van der Waals surface area contributed by atoms with Gasteiger partial charge in [0.05, 0.1) is 23.2 Å². The molecule has 2 aliphatic rings. The molecule has 2 fully saturated rings.